The van der Waals surface area contributed by atoms with Crippen molar-refractivity contribution in [1.29, 1.82) is 0 Å². The van der Waals surface area contributed by atoms with Gasteiger partial charge in [-0.1, -0.05) is 17.7 Å². The van der Waals surface area contributed by atoms with Gasteiger partial charge in [-0.25, -0.2) is 4.39 Å². The molecular formula is C15H14ClFN2O2. The molecule has 2 aromatic rings. The summed E-state index contributed by atoms with van der Waals surface area (Å²) >= 11 is 5.89. The third-order valence-corrected chi connectivity index (χ3v) is 3.25. The van der Waals surface area contributed by atoms with Crippen LogP contribution in [0.3, 0.4) is 0 Å². The van der Waals surface area contributed by atoms with Crippen LogP contribution in [0.1, 0.15) is 5.56 Å². The van der Waals surface area contributed by atoms with Crippen molar-refractivity contribution in [1.82, 2.24) is 0 Å². The van der Waals surface area contributed by atoms with Crippen LogP contribution in [-0.4, -0.2) is 13.0 Å². The summed E-state index contributed by atoms with van der Waals surface area (Å²) in [5, 5.41) is 2.86. The van der Waals surface area contributed by atoms with Crippen molar-refractivity contribution in [3.8, 4) is 5.75 Å². The fourth-order valence-corrected chi connectivity index (χ4v) is 2.10. The molecule has 0 saturated carbocycles. The Kier molecular flexibility index (Phi) is 4.65. The average Bonchev–Trinajstić information content (AvgIpc) is 2.45. The van der Waals surface area contributed by atoms with Crippen molar-refractivity contribution in [3.63, 3.8) is 0 Å². The summed E-state index contributed by atoms with van der Waals surface area (Å²) in [6.45, 7) is 0. The second-order valence-electron chi connectivity index (χ2n) is 4.38. The molecule has 0 atom stereocenters. The summed E-state index contributed by atoms with van der Waals surface area (Å²) in [4.78, 5) is 12.0. The Balaban J connectivity index is 2.16. The zero-order valence-corrected chi connectivity index (χ0v) is 12.1. The molecule has 6 heteroatoms. The highest BCUT2D eigenvalue weighted by molar-refractivity contribution is 6.31. The molecule has 0 unspecified atom stereocenters. The molecule has 0 fully saturated rings. The number of nitrogens with one attached hydrogen (secondary N) is 1. The van der Waals surface area contributed by atoms with Crippen LogP contribution in [0.15, 0.2) is 36.4 Å². The Labute approximate surface area is 126 Å². The average molecular weight is 309 g/mol. The van der Waals surface area contributed by atoms with Gasteiger partial charge in [0.2, 0.25) is 5.91 Å². The van der Waals surface area contributed by atoms with E-state index in [1.54, 1.807) is 18.2 Å². The van der Waals surface area contributed by atoms with Gasteiger partial charge in [-0.3, -0.25) is 4.79 Å². The maximum atomic E-state index is 13.6. The first-order valence-electron chi connectivity index (χ1n) is 6.17. The van der Waals surface area contributed by atoms with Gasteiger partial charge in [-0.05, 0) is 24.3 Å². The number of carbonyl (C=O) groups excluding carboxylic acids is 1. The second kappa shape index (κ2) is 6.45. The van der Waals surface area contributed by atoms with Gasteiger partial charge < -0.3 is 15.8 Å². The molecule has 2 rings (SSSR count). The number of nitrogens with two attached hydrogens (primary N) is 1. The predicted octanol–water partition coefficient (Wildman–Crippen LogP) is 3.25. The second-order valence-corrected chi connectivity index (χ2v) is 4.79. The van der Waals surface area contributed by atoms with E-state index in [4.69, 9.17) is 22.1 Å². The molecule has 3 N–H and O–H groups in total. The van der Waals surface area contributed by atoms with Crippen molar-refractivity contribution >= 4 is 28.9 Å². The highest BCUT2D eigenvalue weighted by Gasteiger charge is 2.13. The minimum Gasteiger partial charge on any atom is -0.494 e. The number of amides is 1. The number of hydrogen-bond donors (Lipinski definition) is 2. The summed E-state index contributed by atoms with van der Waals surface area (Å²) in [5.41, 5.74) is 6.77. The van der Waals surface area contributed by atoms with Crippen LogP contribution in [0.25, 0.3) is 0 Å². The van der Waals surface area contributed by atoms with Crippen LogP contribution in [0.4, 0.5) is 15.8 Å². The number of ether oxygens (including phenoxy) is 1. The monoisotopic (exact) mass is 308 g/mol. The van der Waals surface area contributed by atoms with E-state index in [9.17, 15) is 9.18 Å². The van der Waals surface area contributed by atoms with Gasteiger partial charge in [0.05, 0.1) is 19.2 Å². The first-order chi connectivity index (χ1) is 10.0. The van der Waals surface area contributed by atoms with E-state index in [1.807, 2.05) is 0 Å². The molecule has 0 aliphatic rings. The van der Waals surface area contributed by atoms with Crippen molar-refractivity contribution in [2.45, 2.75) is 6.42 Å². The lowest BCUT2D eigenvalue weighted by molar-refractivity contribution is -0.115. The number of carbonyl (C=O) groups is 1. The molecule has 4 nitrogen and oxygen atoms in total. The normalized spacial score (nSPS) is 10.2. The van der Waals surface area contributed by atoms with E-state index in [-0.39, 0.29) is 17.0 Å². The summed E-state index contributed by atoms with van der Waals surface area (Å²) in [6.07, 6.45) is -0.168. The number of nitrogen functional groups attached to an aromatic ring is 1. The lowest BCUT2D eigenvalue weighted by Gasteiger charge is -2.11. The molecule has 0 aromatic heterocycles. The first kappa shape index (κ1) is 15.1. The molecule has 0 radical (unpaired) electrons. The number of anilines is 2. The number of halogens is 2. The molecule has 110 valence electrons. The molecule has 0 aliphatic carbocycles. The SMILES string of the molecule is COc1cc(N)ccc1NC(=O)Cc1c(F)cccc1Cl. The van der Waals surface area contributed by atoms with Gasteiger partial charge in [0.1, 0.15) is 11.6 Å². The molecule has 0 saturated heterocycles. The van der Waals surface area contributed by atoms with Gasteiger partial charge >= 0.3 is 0 Å². The maximum Gasteiger partial charge on any atom is 0.229 e. The van der Waals surface area contributed by atoms with Crippen molar-refractivity contribution < 1.29 is 13.9 Å². The Morgan fingerprint density at radius 3 is 2.81 bits per heavy atom. The van der Waals surface area contributed by atoms with E-state index in [2.05, 4.69) is 5.32 Å². The standard InChI is InChI=1S/C15H14ClFN2O2/c1-21-14-7-9(18)5-6-13(14)19-15(20)8-10-11(16)3-2-4-12(10)17/h2-7H,8,18H2,1H3,(H,19,20). The zero-order valence-electron chi connectivity index (χ0n) is 11.3. The largest absolute Gasteiger partial charge is 0.494 e. The van der Waals surface area contributed by atoms with Crippen LogP contribution in [-0.2, 0) is 11.2 Å². The smallest absolute Gasteiger partial charge is 0.229 e. The third kappa shape index (κ3) is 3.64. The molecule has 0 bridgehead atoms. The van der Waals surface area contributed by atoms with Crippen molar-refractivity contribution in [2.75, 3.05) is 18.2 Å². The third-order valence-electron chi connectivity index (χ3n) is 2.90. The molecule has 2 aromatic carbocycles. The number of hydrogen-bond acceptors (Lipinski definition) is 3. The van der Waals surface area contributed by atoms with Gasteiger partial charge in [0.25, 0.3) is 0 Å². The van der Waals surface area contributed by atoms with Gasteiger partial charge in [-0.15, -0.1) is 0 Å². The Morgan fingerprint density at radius 1 is 1.38 bits per heavy atom. The summed E-state index contributed by atoms with van der Waals surface area (Å²) in [5.74, 6) is -0.477. The predicted molar refractivity (Wildman–Crippen MR) is 81.2 cm³/mol. The van der Waals surface area contributed by atoms with E-state index < -0.39 is 11.7 Å². The Hall–Kier alpha value is -2.27. The van der Waals surface area contributed by atoms with Crippen LogP contribution in [0.5, 0.6) is 5.75 Å². The summed E-state index contributed by atoms with van der Waals surface area (Å²) in [6, 6.07) is 9.13. The molecule has 1 amide bonds. The number of rotatable bonds is 4. The molecule has 0 heterocycles. The van der Waals surface area contributed by atoms with Crippen LogP contribution < -0.4 is 15.8 Å². The fourth-order valence-electron chi connectivity index (χ4n) is 1.87. The van der Waals surface area contributed by atoms with Crippen LogP contribution in [0.2, 0.25) is 5.02 Å². The highest BCUT2D eigenvalue weighted by atomic mass is 35.5. The van der Waals surface area contributed by atoms with Gasteiger partial charge in [-0.2, -0.15) is 0 Å². The topological polar surface area (TPSA) is 64.3 Å². The lowest BCUT2D eigenvalue weighted by Crippen LogP contribution is -2.16. The van der Waals surface area contributed by atoms with Crippen molar-refractivity contribution in [2.24, 2.45) is 0 Å². The Morgan fingerprint density at radius 2 is 2.14 bits per heavy atom. The zero-order chi connectivity index (χ0) is 15.4. The van der Waals surface area contributed by atoms with Crippen molar-refractivity contribution in [3.05, 3.63) is 52.8 Å². The maximum absolute atomic E-state index is 13.6. The first-order valence-corrected chi connectivity index (χ1v) is 6.55. The minimum absolute atomic E-state index is 0.158. The quantitative estimate of drug-likeness (QED) is 0.852. The highest BCUT2D eigenvalue weighted by Crippen LogP contribution is 2.27. The Bertz CT molecular complexity index is 656. The van der Waals surface area contributed by atoms with E-state index >= 15 is 0 Å². The summed E-state index contributed by atoms with van der Waals surface area (Å²) < 4.78 is 18.8. The molecule has 0 aliphatic heterocycles. The fraction of sp³-hybridized carbons (Fsp3) is 0.133. The molecule has 0 spiro atoms. The molecular weight excluding hydrogens is 295 g/mol. The van der Waals surface area contributed by atoms with E-state index in [1.165, 1.54) is 25.3 Å². The number of methoxy groups -OCH3 is 1. The van der Waals surface area contributed by atoms with E-state index in [0.29, 0.717) is 17.1 Å². The van der Waals surface area contributed by atoms with Crippen LogP contribution >= 0.6 is 11.6 Å². The molecule has 21 heavy (non-hydrogen) atoms. The van der Waals surface area contributed by atoms with Crippen LogP contribution in [0, 0.1) is 5.82 Å². The van der Waals surface area contributed by atoms with E-state index in [0.717, 1.165) is 0 Å². The minimum atomic E-state index is -0.512. The summed E-state index contributed by atoms with van der Waals surface area (Å²) in [7, 11) is 1.47. The van der Waals surface area contributed by atoms with Gasteiger partial charge in [0.15, 0.2) is 0 Å². The lowest BCUT2D eigenvalue weighted by atomic mass is 10.1. The van der Waals surface area contributed by atoms with Gasteiger partial charge in [0, 0.05) is 22.3 Å². The number of benzene rings is 2.